The average Bonchev–Trinajstić information content (AvgIpc) is 3.48. The summed E-state index contributed by atoms with van der Waals surface area (Å²) in [6, 6.07) is 8.44. The molecule has 0 radical (unpaired) electrons. The number of aryl methyl sites for hydroxylation is 2. The van der Waals surface area contributed by atoms with Crippen LogP contribution in [0.25, 0.3) is 11.3 Å². The fourth-order valence-corrected chi connectivity index (χ4v) is 7.51. The Labute approximate surface area is 187 Å². The Morgan fingerprint density at radius 2 is 1.94 bits per heavy atom. The molecule has 1 aliphatic carbocycles. The number of hydrogen-bond donors (Lipinski definition) is 1. The van der Waals surface area contributed by atoms with Crippen LogP contribution >= 0.6 is 0 Å². The maximum absolute atomic E-state index is 13.0. The van der Waals surface area contributed by atoms with E-state index in [0.29, 0.717) is 31.8 Å². The van der Waals surface area contributed by atoms with E-state index in [0.717, 1.165) is 12.1 Å². The summed E-state index contributed by atoms with van der Waals surface area (Å²) in [6.45, 7) is 2.63. The summed E-state index contributed by atoms with van der Waals surface area (Å²) in [5, 5.41) is 11.5. The summed E-state index contributed by atoms with van der Waals surface area (Å²) in [6.07, 6.45) is 7.09. The minimum atomic E-state index is -3.61. The SMILES string of the molecule is Cc1nc(S(=O)(=O)N2CCC3(CC2)C[C@@H]([C@H]2c4ccccc4-c4cncn42)[C@H]3O)cn1C. The minimum Gasteiger partial charge on any atom is -0.392 e. The molecule has 3 aliphatic rings. The van der Waals surface area contributed by atoms with E-state index in [4.69, 9.17) is 0 Å². The van der Waals surface area contributed by atoms with Crippen molar-refractivity contribution in [1.82, 2.24) is 23.4 Å². The summed E-state index contributed by atoms with van der Waals surface area (Å²) in [5.74, 6) is 0.776. The van der Waals surface area contributed by atoms with Crippen LogP contribution in [0.2, 0.25) is 0 Å². The van der Waals surface area contributed by atoms with Gasteiger partial charge in [-0.1, -0.05) is 24.3 Å². The van der Waals surface area contributed by atoms with Crippen LogP contribution < -0.4 is 0 Å². The van der Waals surface area contributed by atoms with Gasteiger partial charge in [0.2, 0.25) is 0 Å². The van der Waals surface area contributed by atoms with E-state index < -0.39 is 16.1 Å². The highest BCUT2D eigenvalue weighted by Crippen LogP contribution is 2.59. The quantitative estimate of drug-likeness (QED) is 0.657. The van der Waals surface area contributed by atoms with Gasteiger partial charge in [0.05, 0.1) is 30.4 Å². The smallest absolute Gasteiger partial charge is 0.262 e. The number of rotatable bonds is 3. The first kappa shape index (κ1) is 20.1. The van der Waals surface area contributed by atoms with Crippen molar-refractivity contribution in [3.05, 3.63) is 54.4 Å². The van der Waals surface area contributed by atoms with Gasteiger partial charge in [-0.2, -0.15) is 4.31 Å². The molecule has 6 rings (SSSR count). The van der Waals surface area contributed by atoms with Crippen LogP contribution in [0.15, 0.2) is 48.0 Å². The van der Waals surface area contributed by atoms with Crippen LogP contribution in [-0.4, -0.2) is 56.1 Å². The minimum absolute atomic E-state index is 0.0857. The Bertz CT molecular complexity index is 1280. The van der Waals surface area contributed by atoms with Crippen molar-refractivity contribution in [1.29, 1.82) is 0 Å². The molecule has 0 amide bonds. The summed E-state index contributed by atoms with van der Waals surface area (Å²) in [4.78, 5) is 8.56. The van der Waals surface area contributed by atoms with Gasteiger partial charge in [0.1, 0.15) is 5.82 Å². The van der Waals surface area contributed by atoms with Crippen molar-refractivity contribution >= 4 is 10.0 Å². The Balaban J connectivity index is 1.20. The Kier molecular flexibility index (Phi) is 4.25. The molecule has 3 atom stereocenters. The highest BCUT2D eigenvalue weighted by atomic mass is 32.2. The predicted molar refractivity (Wildman–Crippen MR) is 118 cm³/mol. The maximum Gasteiger partial charge on any atom is 0.262 e. The lowest BCUT2D eigenvalue weighted by atomic mass is 9.53. The van der Waals surface area contributed by atoms with Crippen molar-refractivity contribution in [2.45, 2.75) is 43.4 Å². The van der Waals surface area contributed by atoms with Gasteiger partial charge in [0, 0.05) is 37.8 Å². The standard InChI is InChI=1S/C23H27N5O3S/c1-15-25-20(13-26(15)2)32(30,31)27-9-7-23(8-10-27)11-18(22(23)29)21-17-6-4-3-5-16(17)19-12-24-14-28(19)21/h3-6,12-14,18,21-22,29H,7-11H2,1-2H3/t18-,21+,22+/m0/s1. The molecule has 32 heavy (non-hydrogen) atoms. The molecule has 4 heterocycles. The van der Waals surface area contributed by atoms with Gasteiger partial charge in [0.25, 0.3) is 10.0 Å². The van der Waals surface area contributed by atoms with Crippen molar-refractivity contribution in [2.75, 3.05) is 13.1 Å². The number of fused-ring (bicyclic) bond motifs is 3. The third-order valence-corrected chi connectivity index (χ3v) is 9.78. The van der Waals surface area contributed by atoms with E-state index in [1.807, 2.05) is 18.6 Å². The number of nitrogens with zero attached hydrogens (tertiary/aromatic N) is 5. The number of aliphatic hydroxyl groups is 1. The fourth-order valence-electron chi connectivity index (χ4n) is 6.04. The number of aromatic nitrogens is 4. The number of aliphatic hydroxyl groups excluding tert-OH is 1. The lowest BCUT2D eigenvalue weighted by Crippen LogP contribution is -2.59. The molecule has 1 saturated carbocycles. The highest BCUT2D eigenvalue weighted by molar-refractivity contribution is 7.89. The molecule has 2 aromatic heterocycles. The van der Waals surface area contributed by atoms with Gasteiger partial charge in [-0.3, -0.25) is 0 Å². The lowest BCUT2D eigenvalue weighted by molar-refractivity contribution is -0.152. The molecule has 1 aromatic carbocycles. The second-order valence-corrected chi connectivity index (χ2v) is 11.4. The first-order chi connectivity index (χ1) is 15.3. The lowest BCUT2D eigenvalue weighted by Gasteiger charge is -2.57. The molecule has 1 saturated heterocycles. The molecular formula is C23H27N5O3S. The van der Waals surface area contributed by atoms with Crippen LogP contribution in [0.1, 0.15) is 36.7 Å². The third-order valence-electron chi connectivity index (χ3n) is 8.01. The predicted octanol–water partition coefficient (Wildman–Crippen LogP) is 2.35. The summed E-state index contributed by atoms with van der Waals surface area (Å²) >= 11 is 0. The molecule has 1 N–H and O–H groups in total. The molecule has 2 aliphatic heterocycles. The molecule has 0 unspecified atom stereocenters. The molecule has 1 spiro atoms. The number of piperidine rings is 1. The average molecular weight is 454 g/mol. The van der Waals surface area contributed by atoms with Crippen molar-refractivity contribution in [3.63, 3.8) is 0 Å². The normalized spacial score (nSPS) is 26.7. The topological polar surface area (TPSA) is 93.2 Å². The van der Waals surface area contributed by atoms with Gasteiger partial charge in [0.15, 0.2) is 5.03 Å². The number of imidazole rings is 2. The Morgan fingerprint density at radius 1 is 1.19 bits per heavy atom. The highest BCUT2D eigenvalue weighted by Gasteiger charge is 2.58. The van der Waals surface area contributed by atoms with Gasteiger partial charge in [-0.05, 0) is 37.2 Å². The summed E-state index contributed by atoms with van der Waals surface area (Å²) < 4.78 is 31.5. The van der Waals surface area contributed by atoms with Gasteiger partial charge in [-0.15, -0.1) is 0 Å². The van der Waals surface area contributed by atoms with Crippen LogP contribution in [0.5, 0.6) is 0 Å². The molecule has 3 aromatic rings. The fraction of sp³-hybridized carbons (Fsp3) is 0.478. The number of benzene rings is 1. The zero-order valence-corrected chi connectivity index (χ0v) is 19.0. The monoisotopic (exact) mass is 453 g/mol. The number of sulfonamides is 1. The van der Waals surface area contributed by atoms with Crippen LogP contribution in [0.3, 0.4) is 0 Å². The second-order valence-electron chi connectivity index (χ2n) is 9.53. The van der Waals surface area contributed by atoms with E-state index in [-0.39, 0.29) is 22.4 Å². The zero-order chi connectivity index (χ0) is 22.3. The van der Waals surface area contributed by atoms with Gasteiger partial charge < -0.3 is 14.2 Å². The molecule has 8 nitrogen and oxygen atoms in total. The van der Waals surface area contributed by atoms with Crippen LogP contribution in [-0.2, 0) is 17.1 Å². The van der Waals surface area contributed by atoms with Gasteiger partial charge in [-0.25, -0.2) is 18.4 Å². The van der Waals surface area contributed by atoms with Gasteiger partial charge >= 0.3 is 0 Å². The maximum atomic E-state index is 13.0. The van der Waals surface area contributed by atoms with Crippen molar-refractivity contribution in [2.24, 2.45) is 18.4 Å². The van der Waals surface area contributed by atoms with Crippen molar-refractivity contribution in [3.8, 4) is 11.3 Å². The number of hydrogen-bond acceptors (Lipinski definition) is 5. The molecule has 9 heteroatoms. The zero-order valence-electron chi connectivity index (χ0n) is 18.2. The molecular weight excluding hydrogens is 426 g/mol. The van der Waals surface area contributed by atoms with E-state index in [1.54, 1.807) is 24.7 Å². The second kappa shape index (κ2) is 6.76. The Hall–Kier alpha value is -2.49. The summed E-state index contributed by atoms with van der Waals surface area (Å²) in [5.41, 5.74) is 3.32. The van der Waals surface area contributed by atoms with E-state index in [1.165, 1.54) is 15.4 Å². The third kappa shape index (κ3) is 2.64. The molecule has 0 bridgehead atoms. The van der Waals surface area contributed by atoms with E-state index in [9.17, 15) is 13.5 Å². The first-order valence-electron chi connectivity index (χ1n) is 11.1. The van der Waals surface area contributed by atoms with Crippen LogP contribution in [0, 0.1) is 18.3 Å². The van der Waals surface area contributed by atoms with E-state index >= 15 is 0 Å². The molecule has 2 fully saturated rings. The van der Waals surface area contributed by atoms with Crippen LogP contribution in [0.4, 0.5) is 0 Å². The largest absolute Gasteiger partial charge is 0.392 e. The van der Waals surface area contributed by atoms with E-state index in [2.05, 4.69) is 32.7 Å². The van der Waals surface area contributed by atoms with Crippen molar-refractivity contribution < 1.29 is 13.5 Å². The first-order valence-corrected chi connectivity index (χ1v) is 12.6. The Morgan fingerprint density at radius 3 is 2.62 bits per heavy atom. The summed E-state index contributed by atoms with van der Waals surface area (Å²) in [7, 11) is -1.81. The molecule has 168 valence electrons.